The maximum atomic E-state index is 12.5. The minimum Gasteiger partial charge on any atom is -0.207 e. The molecule has 3 nitrogen and oxygen atoms in total. The summed E-state index contributed by atoms with van der Waals surface area (Å²) in [4.78, 5) is 0.268. The van der Waals surface area contributed by atoms with E-state index in [0.717, 1.165) is 5.56 Å². The standard InChI is InChI=1S/C15H19NO2S/c1-5-7-14(4)16(12-6-2)19(17,18)15-10-8-13(3)9-11-15/h2,5,7-11,14H,12H2,1,3-4H3. The van der Waals surface area contributed by atoms with Gasteiger partial charge in [-0.25, -0.2) is 8.42 Å². The van der Waals surface area contributed by atoms with Gasteiger partial charge in [0, 0.05) is 6.04 Å². The van der Waals surface area contributed by atoms with Crippen LogP contribution in [-0.4, -0.2) is 25.3 Å². The molecule has 0 spiro atoms. The van der Waals surface area contributed by atoms with Crippen LogP contribution in [0.2, 0.25) is 0 Å². The van der Waals surface area contributed by atoms with Crippen molar-refractivity contribution in [3.05, 3.63) is 42.0 Å². The summed E-state index contributed by atoms with van der Waals surface area (Å²) in [7, 11) is -3.56. The minimum absolute atomic E-state index is 0.0573. The Kier molecular flexibility index (Phi) is 5.34. The van der Waals surface area contributed by atoms with Gasteiger partial charge in [0.1, 0.15) is 0 Å². The normalized spacial score (nSPS) is 13.6. The van der Waals surface area contributed by atoms with Gasteiger partial charge in [-0.15, -0.1) is 6.42 Å². The molecule has 1 rings (SSSR count). The van der Waals surface area contributed by atoms with Crippen LogP contribution in [0.25, 0.3) is 0 Å². The molecule has 4 heteroatoms. The maximum Gasteiger partial charge on any atom is 0.244 e. The van der Waals surface area contributed by atoms with Crippen molar-refractivity contribution in [1.82, 2.24) is 4.31 Å². The fourth-order valence-corrected chi connectivity index (χ4v) is 3.26. The van der Waals surface area contributed by atoms with Crippen molar-refractivity contribution >= 4 is 10.0 Å². The Labute approximate surface area is 116 Å². The van der Waals surface area contributed by atoms with Crippen LogP contribution in [-0.2, 0) is 10.0 Å². The summed E-state index contributed by atoms with van der Waals surface area (Å²) >= 11 is 0. The molecular weight excluding hydrogens is 258 g/mol. The van der Waals surface area contributed by atoms with Crippen molar-refractivity contribution in [1.29, 1.82) is 0 Å². The Morgan fingerprint density at radius 3 is 2.42 bits per heavy atom. The minimum atomic E-state index is -3.56. The van der Waals surface area contributed by atoms with E-state index in [9.17, 15) is 8.42 Å². The third kappa shape index (κ3) is 3.69. The van der Waals surface area contributed by atoms with Gasteiger partial charge in [0.25, 0.3) is 0 Å². The fourth-order valence-electron chi connectivity index (χ4n) is 1.76. The van der Waals surface area contributed by atoms with Crippen molar-refractivity contribution in [2.24, 2.45) is 0 Å². The molecule has 19 heavy (non-hydrogen) atoms. The third-order valence-corrected chi connectivity index (χ3v) is 4.75. The van der Waals surface area contributed by atoms with E-state index in [1.807, 2.05) is 32.9 Å². The zero-order chi connectivity index (χ0) is 14.5. The Bertz CT molecular complexity index is 580. The fraction of sp³-hybridized carbons (Fsp3) is 0.333. The average molecular weight is 277 g/mol. The number of allylic oxidation sites excluding steroid dienone is 1. The van der Waals surface area contributed by atoms with E-state index in [0.29, 0.717) is 0 Å². The molecule has 0 saturated heterocycles. The lowest BCUT2D eigenvalue weighted by Crippen LogP contribution is -2.37. The van der Waals surface area contributed by atoms with Crippen LogP contribution in [0.3, 0.4) is 0 Å². The number of hydrogen-bond acceptors (Lipinski definition) is 2. The first-order valence-electron chi connectivity index (χ1n) is 6.08. The second kappa shape index (κ2) is 6.55. The van der Waals surface area contributed by atoms with Gasteiger partial charge < -0.3 is 0 Å². The van der Waals surface area contributed by atoms with Crippen LogP contribution < -0.4 is 0 Å². The number of hydrogen-bond donors (Lipinski definition) is 0. The molecule has 0 fully saturated rings. The van der Waals surface area contributed by atoms with Gasteiger partial charge in [-0.1, -0.05) is 35.8 Å². The first-order valence-corrected chi connectivity index (χ1v) is 7.52. The van der Waals surface area contributed by atoms with Crippen LogP contribution >= 0.6 is 0 Å². The highest BCUT2D eigenvalue weighted by molar-refractivity contribution is 7.89. The van der Waals surface area contributed by atoms with Crippen molar-refractivity contribution in [2.45, 2.75) is 31.7 Å². The van der Waals surface area contributed by atoms with E-state index in [4.69, 9.17) is 6.42 Å². The first-order chi connectivity index (χ1) is 8.93. The highest BCUT2D eigenvalue weighted by atomic mass is 32.2. The summed E-state index contributed by atoms with van der Waals surface area (Å²) in [5.41, 5.74) is 1.02. The van der Waals surface area contributed by atoms with Crippen LogP contribution in [0.4, 0.5) is 0 Å². The molecule has 0 aromatic heterocycles. The van der Waals surface area contributed by atoms with Crippen molar-refractivity contribution in [3.8, 4) is 12.3 Å². The van der Waals surface area contributed by atoms with E-state index >= 15 is 0 Å². The van der Waals surface area contributed by atoms with E-state index in [1.165, 1.54) is 4.31 Å². The Balaban J connectivity index is 3.20. The number of aryl methyl sites for hydroxylation is 1. The topological polar surface area (TPSA) is 37.4 Å². The van der Waals surface area contributed by atoms with Gasteiger partial charge >= 0.3 is 0 Å². The lowest BCUT2D eigenvalue weighted by atomic mass is 10.2. The molecule has 0 N–H and O–H groups in total. The summed E-state index contributed by atoms with van der Waals surface area (Å²) in [6.07, 6.45) is 8.91. The summed E-state index contributed by atoms with van der Waals surface area (Å²) in [6, 6.07) is 6.50. The molecule has 0 aliphatic heterocycles. The summed E-state index contributed by atoms with van der Waals surface area (Å²) in [6.45, 7) is 5.63. The molecule has 0 radical (unpaired) electrons. The molecule has 0 bridgehead atoms. The van der Waals surface area contributed by atoms with E-state index in [1.54, 1.807) is 24.3 Å². The van der Waals surface area contributed by atoms with E-state index in [-0.39, 0.29) is 17.5 Å². The molecule has 0 amide bonds. The highest BCUT2D eigenvalue weighted by Gasteiger charge is 2.26. The number of rotatable bonds is 5. The molecule has 1 unspecified atom stereocenters. The van der Waals surface area contributed by atoms with E-state index < -0.39 is 10.0 Å². The zero-order valence-electron chi connectivity index (χ0n) is 11.5. The molecule has 1 aromatic carbocycles. The summed E-state index contributed by atoms with van der Waals surface area (Å²) < 4.78 is 26.4. The number of sulfonamides is 1. The van der Waals surface area contributed by atoms with Gasteiger partial charge in [-0.05, 0) is 32.9 Å². The Morgan fingerprint density at radius 2 is 1.95 bits per heavy atom. The molecular formula is C15H19NO2S. The van der Waals surface area contributed by atoms with Crippen molar-refractivity contribution in [3.63, 3.8) is 0 Å². The Hall–Kier alpha value is -1.57. The smallest absolute Gasteiger partial charge is 0.207 e. The lowest BCUT2D eigenvalue weighted by Gasteiger charge is -2.24. The first kappa shape index (κ1) is 15.5. The van der Waals surface area contributed by atoms with Crippen LogP contribution in [0, 0.1) is 19.3 Å². The largest absolute Gasteiger partial charge is 0.244 e. The highest BCUT2D eigenvalue weighted by Crippen LogP contribution is 2.19. The summed E-state index contributed by atoms with van der Waals surface area (Å²) in [5.74, 6) is 2.41. The molecule has 1 aromatic rings. The van der Waals surface area contributed by atoms with Crippen LogP contribution in [0.5, 0.6) is 0 Å². The molecule has 0 heterocycles. The molecule has 0 saturated carbocycles. The molecule has 0 aliphatic rings. The number of benzene rings is 1. The summed E-state index contributed by atoms with van der Waals surface area (Å²) in [5, 5.41) is 0. The quantitative estimate of drug-likeness (QED) is 0.613. The molecule has 1 atom stereocenters. The number of terminal acetylenes is 1. The SMILES string of the molecule is C#CCN(C(C)C=CC)S(=O)(=O)c1ccc(C)cc1. The van der Waals surface area contributed by atoms with Crippen molar-refractivity contribution < 1.29 is 8.42 Å². The maximum absolute atomic E-state index is 12.5. The number of nitrogens with zero attached hydrogens (tertiary/aromatic N) is 1. The zero-order valence-corrected chi connectivity index (χ0v) is 12.3. The average Bonchev–Trinajstić information content (AvgIpc) is 2.36. The predicted octanol–water partition coefficient (Wildman–Crippen LogP) is 2.58. The van der Waals surface area contributed by atoms with Crippen LogP contribution in [0.15, 0.2) is 41.3 Å². The van der Waals surface area contributed by atoms with Gasteiger partial charge in [0.15, 0.2) is 0 Å². The molecule has 102 valence electrons. The van der Waals surface area contributed by atoms with Gasteiger partial charge in [-0.2, -0.15) is 4.31 Å². The van der Waals surface area contributed by atoms with Crippen molar-refractivity contribution in [2.75, 3.05) is 6.54 Å². The third-order valence-electron chi connectivity index (χ3n) is 2.80. The van der Waals surface area contributed by atoms with Crippen LogP contribution in [0.1, 0.15) is 19.4 Å². The van der Waals surface area contributed by atoms with Gasteiger partial charge in [0.2, 0.25) is 10.0 Å². The monoisotopic (exact) mass is 277 g/mol. The lowest BCUT2D eigenvalue weighted by molar-refractivity contribution is 0.412. The van der Waals surface area contributed by atoms with Gasteiger partial charge in [-0.3, -0.25) is 0 Å². The van der Waals surface area contributed by atoms with Gasteiger partial charge in [0.05, 0.1) is 11.4 Å². The van der Waals surface area contributed by atoms with E-state index in [2.05, 4.69) is 5.92 Å². The predicted molar refractivity (Wildman–Crippen MR) is 78.2 cm³/mol. The second-order valence-electron chi connectivity index (χ2n) is 4.33. The molecule has 0 aliphatic carbocycles. The second-order valence-corrected chi connectivity index (χ2v) is 6.22. The Morgan fingerprint density at radius 1 is 1.37 bits per heavy atom.